The summed E-state index contributed by atoms with van der Waals surface area (Å²) >= 11 is 1.40. The molecule has 3 rings (SSSR count). The highest BCUT2D eigenvalue weighted by molar-refractivity contribution is 7.90. The molecule has 2 aromatic carbocycles. The molecular formula is C19H22N2O3S2. The number of hydrogen-bond acceptors (Lipinski definition) is 4. The number of ether oxygens (including phenoxy) is 1. The molecule has 0 spiro atoms. The van der Waals surface area contributed by atoms with E-state index in [1.54, 1.807) is 30.3 Å². The molecule has 1 aromatic heterocycles. The Morgan fingerprint density at radius 3 is 2.58 bits per heavy atom. The van der Waals surface area contributed by atoms with E-state index in [-0.39, 0.29) is 4.90 Å². The summed E-state index contributed by atoms with van der Waals surface area (Å²) in [6, 6.07) is 12.5. The molecule has 0 radical (unpaired) electrons. The number of rotatable bonds is 6. The molecule has 26 heavy (non-hydrogen) atoms. The quantitative estimate of drug-likeness (QED) is 0.604. The van der Waals surface area contributed by atoms with Gasteiger partial charge in [-0.05, 0) is 50.1 Å². The highest BCUT2D eigenvalue weighted by Gasteiger charge is 2.15. The SMILES string of the molecule is CCOCCn1/c(=N/S(=O)(=O)c2ccccc2)sc2c(C)cc(C)cc21. The third-order valence-electron chi connectivity index (χ3n) is 4.02. The molecule has 1 heterocycles. The Morgan fingerprint density at radius 2 is 1.88 bits per heavy atom. The van der Waals surface area contributed by atoms with Crippen molar-refractivity contribution in [2.45, 2.75) is 32.2 Å². The maximum atomic E-state index is 12.7. The Balaban J connectivity index is 2.21. The van der Waals surface area contributed by atoms with Gasteiger partial charge in [-0.1, -0.05) is 35.6 Å². The van der Waals surface area contributed by atoms with Crippen molar-refractivity contribution in [2.24, 2.45) is 4.40 Å². The number of thiazole rings is 1. The lowest BCUT2D eigenvalue weighted by Gasteiger charge is -2.07. The Morgan fingerprint density at radius 1 is 1.15 bits per heavy atom. The molecule has 0 bridgehead atoms. The molecule has 0 saturated heterocycles. The van der Waals surface area contributed by atoms with Crippen LogP contribution < -0.4 is 4.80 Å². The van der Waals surface area contributed by atoms with Crippen LogP contribution in [0.2, 0.25) is 0 Å². The Hall–Kier alpha value is -1.96. The summed E-state index contributed by atoms with van der Waals surface area (Å²) in [5.41, 5.74) is 3.25. The molecule has 3 aromatic rings. The van der Waals surface area contributed by atoms with Gasteiger partial charge in [0.25, 0.3) is 10.0 Å². The van der Waals surface area contributed by atoms with Crippen LogP contribution in [0.4, 0.5) is 0 Å². The van der Waals surface area contributed by atoms with Crippen LogP contribution in [0.3, 0.4) is 0 Å². The van der Waals surface area contributed by atoms with Crippen LogP contribution >= 0.6 is 11.3 Å². The summed E-state index contributed by atoms with van der Waals surface area (Å²) in [5.74, 6) is 0. The molecular weight excluding hydrogens is 368 g/mol. The van der Waals surface area contributed by atoms with E-state index in [0.29, 0.717) is 24.6 Å². The topological polar surface area (TPSA) is 60.7 Å². The van der Waals surface area contributed by atoms with Gasteiger partial charge in [-0.25, -0.2) is 0 Å². The molecule has 7 heteroatoms. The molecule has 0 unspecified atom stereocenters. The van der Waals surface area contributed by atoms with Crippen molar-refractivity contribution in [3.8, 4) is 0 Å². The summed E-state index contributed by atoms with van der Waals surface area (Å²) in [6.07, 6.45) is 0. The number of hydrogen-bond donors (Lipinski definition) is 0. The number of nitrogens with zero attached hydrogens (tertiary/aromatic N) is 2. The molecule has 138 valence electrons. The predicted octanol–water partition coefficient (Wildman–Crippen LogP) is 3.65. The molecule has 0 N–H and O–H groups in total. The summed E-state index contributed by atoms with van der Waals surface area (Å²) in [7, 11) is -3.76. The van der Waals surface area contributed by atoms with Crippen LogP contribution in [-0.2, 0) is 21.3 Å². The highest BCUT2D eigenvalue weighted by atomic mass is 32.2. The van der Waals surface area contributed by atoms with E-state index in [2.05, 4.69) is 16.5 Å². The van der Waals surface area contributed by atoms with E-state index >= 15 is 0 Å². The maximum Gasteiger partial charge on any atom is 0.285 e. The van der Waals surface area contributed by atoms with E-state index < -0.39 is 10.0 Å². The third-order valence-corrected chi connectivity index (χ3v) is 6.64. The molecule has 0 saturated carbocycles. The van der Waals surface area contributed by atoms with Crippen molar-refractivity contribution >= 4 is 31.6 Å². The summed E-state index contributed by atoms with van der Waals surface area (Å²) < 4.78 is 38.0. The van der Waals surface area contributed by atoms with Crippen LogP contribution in [0.25, 0.3) is 10.2 Å². The average Bonchev–Trinajstić information content (AvgIpc) is 2.93. The van der Waals surface area contributed by atoms with Gasteiger partial charge in [0.2, 0.25) is 4.80 Å². The molecule has 0 fully saturated rings. The zero-order valence-corrected chi connectivity index (χ0v) is 16.7. The van der Waals surface area contributed by atoms with Crippen LogP contribution in [-0.4, -0.2) is 26.2 Å². The fourth-order valence-electron chi connectivity index (χ4n) is 2.85. The van der Waals surface area contributed by atoms with E-state index in [4.69, 9.17) is 4.74 Å². The minimum atomic E-state index is -3.76. The lowest BCUT2D eigenvalue weighted by atomic mass is 10.1. The first-order valence-electron chi connectivity index (χ1n) is 8.47. The summed E-state index contributed by atoms with van der Waals surface area (Å²) in [6.45, 7) is 7.70. The number of sulfonamides is 1. The minimum Gasteiger partial charge on any atom is -0.380 e. The predicted molar refractivity (Wildman–Crippen MR) is 105 cm³/mol. The van der Waals surface area contributed by atoms with E-state index in [0.717, 1.165) is 21.3 Å². The van der Waals surface area contributed by atoms with Crippen molar-refractivity contribution in [2.75, 3.05) is 13.2 Å². The van der Waals surface area contributed by atoms with Gasteiger partial charge in [-0.15, -0.1) is 4.40 Å². The van der Waals surface area contributed by atoms with Gasteiger partial charge in [-0.3, -0.25) is 0 Å². The lowest BCUT2D eigenvalue weighted by molar-refractivity contribution is 0.139. The number of benzene rings is 2. The zero-order chi connectivity index (χ0) is 18.7. The second-order valence-electron chi connectivity index (χ2n) is 6.04. The van der Waals surface area contributed by atoms with Crippen molar-refractivity contribution in [3.05, 3.63) is 58.4 Å². The second kappa shape index (κ2) is 7.73. The monoisotopic (exact) mass is 390 g/mol. The fourth-order valence-corrected chi connectivity index (χ4v) is 5.18. The first-order chi connectivity index (χ1) is 12.4. The molecule has 0 aliphatic heterocycles. The number of aryl methyl sites for hydroxylation is 2. The minimum absolute atomic E-state index is 0.196. The van der Waals surface area contributed by atoms with E-state index in [9.17, 15) is 8.42 Å². The summed E-state index contributed by atoms with van der Waals surface area (Å²) in [4.78, 5) is 0.666. The van der Waals surface area contributed by atoms with Crippen molar-refractivity contribution in [1.29, 1.82) is 0 Å². The maximum absolute atomic E-state index is 12.7. The molecule has 0 atom stereocenters. The van der Waals surface area contributed by atoms with Crippen LogP contribution in [0.5, 0.6) is 0 Å². The Bertz CT molecular complexity index is 1080. The van der Waals surface area contributed by atoms with Gasteiger partial charge in [-0.2, -0.15) is 8.42 Å². The van der Waals surface area contributed by atoms with Crippen molar-refractivity contribution < 1.29 is 13.2 Å². The first-order valence-corrected chi connectivity index (χ1v) is 10.7. The van der Waals surface area contributed by atoms with Gasteiger partial charge in [0.05, 0.1) is 21.7 Å². The van der Waals surface area contributed by atoms with Crippen LogP contribution in [0.15, 0.2) is 51.8 Å². The number of aromatic nitrogens is 1. The zero-order valence-electron chi connectivity index (χ0n) is 15.1. The normalized spacial score (nSPS) is 12.8. The van der Waals surface area contributed by atoms with Gasteiger partial charge >= 0.3 is 0 Å². The van der Waals surface area contributed by atoms with Gasteiger partial charge < -0.3 is 9.30 Å². The van der Waals surface area contributed by atoms with Gasteiger partial charge in [0, 0.05) is 13.2 Å². The Kier molecular flexibility index (Phi) is 5.60. The highest BCUT2D eigenvalue weighted by Crippen LogP contribution is 2.24. The largest absolute Gasteiger partial charge is 0.380 e. The molecule has 0 aliphatic carbocycles. The molecule has 5 nitrogen and oxygen atoms in total. The third kappa shape index (κ3) is 3.90. The van der Waals surface area contributed by atoms with Crippen molar-refractivity contribution in [3.63, 3.8) is 0 Å². The van der Waals surface area contributed by atoms with Crippen LogP contribution in [0, 0.1) is 13.8 Å². The summed E-state index contributed by atoms with van der Waals surface area (Å²) in [5, 5.41) is 0. The van der Waals surface area contributed by atoms with Gasteiger partial charge in [0.15, 0.2) is 0 Å². The van der Waals surface area contributed by atoms with Gasteiger partial charge in [0.1, 0.15) is 0 Å². The Labute approximate surface area is 157 Å². The lowest BCUT2D eigenvalue weighted by Crippen LogP contribution is -2.20. The van der Waals surface area contributed by atoms with E-state index in [1.807, 2.05) is 25.3 Å². The van der Waals surface area contributed by atoms with E-state index in [1.165, 1.54) is 11.3 Å². The second-order valence-corrected chi connectivity index (χ2v) is 8.62. The van der Waals surface area contributed by atoms with Crippen LogP contribution in [0.1, 0.15) is 18.1 Å². The molecule has 0 amide bonds. The fraction of sp³-hybridized carbons (Fsp3) is 0.316. The smallest absolute Gasteiger partial charge is 0.285 e. The number of fused-ring (bicyclic) bond motifs is 1. The standard InChI is InChI=1S/C19H22N2O3S2/c1-4-24-11-10-21-17-13-14(2)12-15(3)18(17)25-19(21)20-26(22,23)16-8-6-5-7-9-16/h5-9,12-13H,4,10-11H2,1-3H3/b20-19-. The molecule has 0 aliphatic rings. The first kappa shape index (κ1) is 18.8. The van der Waals surface area contributed by atoms with Crippen molar-refractivity contribution in [1.82, 2.24) is 4.57 Å². The average molecular weight is 391 g/mol.